The Balaban J connectivity index is 1.77. The number of piperidine rings is 1. The molecule has 2 aliphatic heterocycles. The lowest BCUT2D eigenvalue weighted by Crippen LogP contribution is -2.66. The SMILES string of the molecule is COc1cccc(S(=O)(=O)N2CCC3(CC2)NCCNC3=O)c1. The Morgan fingerprint density at radius 3 is 2.61 bits per heavy atom. The van der Waals surface area contributed by atoms with Crippen LogP contribution in [0.4, 0.5) is 0 Å². The number of nitrogens with zero attached hydrogens (tertiary/aromatic N) is 1. The molecule has 1 amide bonds. The van der Waals surface area contributed by atoms with Gasteiger partial charge in [-0.15, -0.1) is 0 Å². The minimum absolute atomic E-state index is 0.0258. The highest BCUT2D eigenvalue weighted by Gasteiger charge is 2.44. The highest BCUT2D eigenvalue weighted by atomic mass is 32.2. The Morgan fingerprint density at radius 1 is 1.22 bits per heavy atom. The number of carbonyl (C=O) groups is 1. The zero-order valence-corrected chi connectivity index (χ0v) is 13.9. The standard InChI is InChI=1S/C15H21N3O4S/c1-22-12-3-2-4-13(11-12)23(20,21)18-9-5-15(6-10-18)14(19)16-7-8-17-15/h2-4,11,17H,5-10H2,1H3,(H,16,19). The van der Waals surface area contributed by atoms with Crippen molar-refractivity contribution in [2.75, 3.05) is 33.3 Å². The van der Waals surface area contributed by atoms with Gasteiger partial charge in [0.15, 0.2) is 0 Å². The normalized spacial score (nSPS) is 21.9. The number of amides is 1. The van der Waals surface area contributed by atoms with Crippen LogP contribution in [-0.4, -0.2) is 57.5 Å². The zero-order valence-electron chi connectivity index (χ0n) is 13.0. The van der Waals surface area contributed by atoms with Gasteiger partial charge in [-0.2, -0.15) is 4.31 Å². The van der Waals surface area contributed by atoms with Gasteiger partial charge in [0.2, 0.25) is 15.9 Å². The molecule has 2 N–H and O–H groups in total. The third kappa shape index (κ3) is 2.93. The van der Waals surface area contributed by atoms with E-state index < -0.39 is 15.6 Å². The number of piperazine rings is 1. The summed E-state index contributed by atoms with van der Waals surface area (Å²) in [5.74, 6) is 0.482. The Hall–Kier alpha value is -1.64. The molecule has 2 saturated heterocycles. The van der Waals surface area contributed by atoms with E-state index in [-0.39, 0.29) is 10.8 Å². The third-order valence-corrected chi connectivity index (χ3v) is 6.46. The summed E-state index contributed by atoms with van der Waals surface area (Å²) in [7, 11) is -2.07. The maximum absolute atomic E-state index is 12.8. The van der Waals surface area contributed by atoms with E-state index in [2.05, 4.69) is 10.6 Å². The van der Waals surface area contributed by atoms with Crippen molar-refractivity contribution in [2.45, 2.75) is 23.3 Å². The molecule has 23 heavy (non-hydrogen) atoms. The molecule has 2 heterocycles. The van der Waals surface area contributed by atoms with E-state index in [9.17, 15) is 13.2 Å². The Kier molecular flexibility index (Phi) is 4.31. The molecule has 126 valence electrons. The lowest BCUT2D eigenvalue weighted by Gasteiger charge is -2.42. The fourth-order valence-corrected chi connectivity index (χ4v) is 4.63. The molecule has 0 unspecified atom stereocenters. The minimum atomic E-state index is -3.57. The van der Waals surface area contributed by atoms with Gasteiger partial charge in [-0.1, -0.05) is 6.07 Å². The van der Waals surface area contributed by atoms with Crippen molar-refractivity contribution in [3.8, 4) is 5.75 Å². The highest BCUT2D eigenvalue weighted by molar-refractivity contribution is 7.89. The van der Waals surface area contributed by atoms with E-state index in [1.54, 1.807) is 18.2 Å². The summed E-state index contributed by atoms with van der Waals surface area (Å²) in [6.45, 7) is 1.97. The lowest BCUT2D eigenvalue weighted by atomic mass is 9.86. The number of sulfonamides is 1. The molecule has 0 aliphatic carbocycles. The summed E-state index contributed by atoms with van der Waals surface area (Å²) >= 11 is 0. The lowest BCUT2D eigenvalue weighted by molar-refractivity contribution is -0.131. The van der Waals surface area contributed by atoms with Crippen LogP contribution in [-0.2, 0) is 14.8 Å². The fraction of sp³-hybridized carbons (Fsp3) is 0.533. The number of rotatable bonds is 3. The van der Waals surface area contributed by atoms with Gasteiger partial charge in [-0.3, -0.25) is 4.79 Å². The second-order valence-corrected chi connectivity index (χ2v) is 7.79. The quantitative estimate of drug-likeness (QED) is 0.805. The number of benzene rings is 1. The summed E-state index contributed by atoms with van der Waals surface area (Å²) in [5.41, 5.74) is -0.626. The highest BCUT2D eigenvalue weighted by Crippen LogP contribution is 2.29. The molecule has 1 spiro atoms. The number of carbonyl (C=O) groups excluding carboxylic acids is 1. The van der Waals surface area contributed by atoms with Gasteiger partial charge in [0.25, 0.3) is 0 Å². The molecule has 2 aliphatic rings. The van der Waals surface area contributed by atoms with Gasteiger partial charge in [0, 0.05) is 32.2 Å². The molecule has 3 rings (SSSR count). The first-order chi connectivity index (χ1) is 11.0. The van der Waals surface area contributed by atoms with Crippen LogP contribution in [0.15, 0.2) is 29.2 Å². The van der Waals surface area contributed by atoms with Crippen LogP contribution in [0.25, 0.3) is 0 Å². The van der Waals surface area contributed by atoms with Gasteiger partial charge in [-0.25, -0.2) is 8.42 Å². The fourth-order valence-electron chi connectivity index (χ4n) is 3.15. The van der Waals surface area contributed by atoms with E-state index in [1.807, 2.05) is 0 Å². The Bertz CT molecular complexity index is 696. The minimum Gasteiger partial charge on any atom is -0.497 e. The predicted molar refractivity (Wildman–Crippen MR) is 84.7 cm³/mol. The number of hydrogen-bond acceptors (Lipinski definition) is 5. The first kappa shape index (κ1) is 16.2. The first-order valence-electron chi connectivity index (χ1n) is 7.65. The predicted octanol–water partition coefficient (Wildman–Crippen LogP) is -0.0621. The van der Waals surface area contributed by atoms with Crippen molar-refractivity contribution in [3.63, 3.8) is 0 Å². The smallest absolute Gasteiger partial charge is 0.243 e. The first-order valence-corrected chi connectivity index (χ1v) is 9.09. The number of nitrogens with one attached hydrogen (secondary N) is 2. The summed E-state index contributed by atoms with van der Waals surface area (Å²) in [6.07, 6.45) is 0.948. The molecule has 8 heteroatoms. The summed E-state index contributed by atoms with van der Waals surface area (Å²) in [5, 5.41) is 6.12. The van der Waals surface area contributed by atoms with Crippen molar-refractivity contribution in [3.05, 3.63) is 24.3 Å². The molecule has 0 aromatic heterocycles. The average Bonchev–Trinajstić information content (AvgIpc) is 2.58. The topological polar surface area (TPSA) is 87.7 Å². The van der Waals surface area contributed by atoms with Crippen LogP contribution in [0.3, 0.4) is 0 Å². The molecule has 7 nitrogen and oxygen atoms in total. The molecule has 0 saturated carbocycles. The number of ether oxygens (including phenoxy) is 1. The number of methoxy groups -OCH3 is 1. The van der Waals surface area contributed by atoms with Gasteiger partial charge in [-0.05, 0) is 25.0 Å². The van der Waals surface area contributed by atoms with Crippen LogP contribution in [0.2, 0.25) is 0 Å². The second kappa shape index (κ2) is 6.10. The monoisotopic (exact) mass is 339 g/mol. The van der Waals surface area contributed by atoms with Crippen LogP contribution < -0.4 is 15.4 Å². The van der Waals surface area contributed by atoms with E-state index >= 15 is 0 Å². The third-order valence-electron chi connectivity index (χ3n) is 4.56. The van der Waals surface area contributed by atoms with Crippen molar-refractivity contribution in [1.82, 2.24) is 14.9 Å². The number of hydrogen-bond donors (Lipinski definition) is 2. The molecule has 0 bridgehead atoms. The Morgan fingerprint density at radius 2 is 1.96 bits per heavy atom. The van der Waals surface area contributed by atoms with Gasteiger partial charge >= 0.3 is 0 Å². The molecular formula is C15H21N3O4S. The van der Waals surface area contributed by atoms with Crippen molar-refractivity contribution in [2.24, 2.45) is 0 Å². The summed E-state index contributed by atoms with van der Waals surface area (Å²) in [4.78, 5) is 12.3. The largest absolute Gasteiger partial charge is 0.497 e. The van der Waals surface area contributed by atoms with Crippen molar-refractivity contribution < 1.29 is 17.9 Å². The zero-order chi connectivity index (χ0) is 16.5. The van der Waals surface area contributed by atoms with E-state index in [4.69, 9.17) is 4.74 Å². The molecule has 2 fully saturated rings. The van der Waals surface area contributed by atoms with E-state index in [1.165, 1.54) is 17.5 Å². The van der Waals surface area contributed by atoms with E-state index in [0.717, 1.165) is 0 Å². The average molecular weight is 339 g/mol. The second-order valence-electron chi connectivity index (χ2n) is 5.85. The molecule has 1 aromatic carbocycles. The molecule has 1 aromatic rings. The molecular weight excluding hydrogens is 318 g/mol. The van der Waals surface area contributed by atoms with Crippen LogP contribution in [0.5, 0.6) is 5.75 Å². The van der Waals surface area contributed by atoms with Crippen LogP contribution in [0.1, 0.15) is 12.8 Å². The molecule has 0 atom stereocenters. The van der Waals surface area contributed by atoms with Crippen LogP contribution in [0, 0.1) is 0 Å². The maximum Gasteiger partial charge on any atom is 0.243 e. The van der Waals surface area contributed by atoms with Crippen molar-refractivity contribution >= 4 is 15.9 Å². The van der Waals surface area contributed by atoms with Gasteiger partial charge < -0.3 is 15.4 Å². The van der Waals surface area contributed by atoms with Crippen LogP contribution >= 0.6 is 0 Å². The summed E-state index contributed by atoms with van der Waals surface area (Å²) < 4.78 is 32.1. The van der Waals surface area contributed by atoms with Crippen molar-refractivity contribution in [1.29, 1.82) is 0 Å². The maximum atomic E-state index is 12.8. The van der Waals surface area contributed by atoms with Gasteiger partial charge in [0.1, 0.15) is 11.3 Å². The summed E-state index contributed by atoms with van der Waals surface area (Å²) in [6, 6.07) is 6.45. The van der Waals surface area contributed by atoms with Gasteiger partial charge in [0.05, 0.1) is 12.0 Å². The van der Waals surface area contributed by atoms with E-state index in [0.29, 0.717) is 44.8 Å². The molecule has 0 radical (unpaired) electrons. The Labute approximate surface area is 136 Å².